The second-order valence-electron chi connectivity index (χ2n) is 5.31. The van der Waals surface area contributed by atoms with Crippen LogP contribution in [0.5, 0.6) is 0 Å². The van der Waals surface area contributed by atoms with Crippen molar-refractivity contribution in [2.45, 2.75) is 18.9 Å². The Labute approximate surface area is 113 Å². The van der Waals surface area contributed by atoms with E-state index in [1.807, 2.05) is 12.3 Å². The zero-order valence-electron chi connectivity index (χ0n) is 11.1. The Morgan fingerprint density at radius 2 is 2.32 bits per heavy atom. The van der Waals surface area contributed by atoms with Crippen LogP contribution < -0.4 is 10.2 Å². The third-order valence-electron chi connectivity index (χ3n) is 4.48. The largest absolute Gasteiger partial charge is 0.356 e. The van der Waals surface area contributed by atoms with Crippen molar-refractivity contribution in [1.82, 2.24) is 14.9 Å². The van der Waals surface area contributed by atoms with Gasteiger partial charge in [0.1, 0.15) is 0 Å². The van der Waals surface area contributed by atoms with Crippen LogP contribution in [0.1, 0.15) is 19.0 Å². The van der Waals surface area contributed by atoms with Crippen molar-refractivity contribution < 1.29 is 0 Å². The highest BCUT2D eigenvalue weighted by atomic mass is 15.3. The molecule has 98 valence electrons. The fourth-order valence-corrected chi connectivity index (χ4v) is 3.70. The minimum absolute atomic E-state index is 0.0916. The number of rotatable bonds is 1. The van der Waals surface area contributed by atoms with E-state index in [9.17, 15) is 0 Å². The van der Waals surface area contributed by atoms with Crippen molar-refractivity contribution in [2.24, 2.45) is 0 Å². The lowest BCUT2D eigenvalue weighted by Gasteiger charge is -2.46. The molecule has 4 heterocycles. The topological polar surface area (TPSA) is 33.1 Å². The van der Waals surface area contributed by atoms with E-state index in [4.69, 9.17) is 0 Å². The minimum atomic E-state index is 0.0916. The second-order valence-corrected chi connectivity index (χ2v) is 5.31. The van der Waals surface area contributed by atoms with E-state index in [2.05, 4.69) is 51.1 Å². The number of fused-ring (bicyclic) bond motifs is 4. The summed E-state index contributed by atoms with van der Waals surface area (Å²) in [6.45, 7) is 5.33. The van der Waals surface area contributed by atoms with Crippen LogP contribution in [0.15, 0.2) is 36.7 Å². The Bertz CT molecular complexity index is 610. The molecular weight excluding hydrogens is 236 g/mol. The van der Waals surface area contributed by atoms with Crippen molar-refractivity contribution in [3.63, 3.8) is 0 Å². The van der Waals surface area contributed by atoms with Gasteiger partial charge in [-0.1, -0.05) is 0 Å². The standard InChI is InChI=1S/C15H18N4/c1-2-19-12-5-3-8-17-14(12)18-10-4-6-13(18)15(19)7-9-16-11-15/h3-6,8,10,16H,2,7,9,11H2,1H3. The Morgan fingerprint density at radius 3 is 3.11 bits per heavy atom. The first-order valence-electron chi connectivity index (χ1n) is 6.98. The van der Waals surface area contributed by atoms with Crippen molar-refractivity contribution in [3.05, 3.63) is 42.4 Å². The summed E-state index contributed by atoms with van der Waals surface area (Å²) in [6.07, 6.45) is 5.16. The summed E-state index contributed by atoms with van der Waals surface area (Å²) < 4.78 is 2.26. The SMILES string of the molecule is CCN1c2cccnc2-n2cccc2C12CCNC2. The normalized spacial score (nSPS) is 24.6. The van der Waals surface area contributed by atoms with Crippen molar-refractivity contribution in [3.8, 4) is 5.82 Å². The molecule has 0 bridgehead atoms. The maximum atomic E-state index is 4.59. The van der Waals surface area contributed by atoms with Gasteiger partial charge < -0.3 is 14.8 Å². The summed E-state index contributed by atoms with van der Waals surface area (Å²) in [5, 5.41) is 3.53. The molecule has 0 aliphatic carbocycles. The van der Waals surface area contributed by atoms with Gasteiger partial charge in [-0.2, -0.15) is 0 Å². The molecule has 19 heavy (non-hydrogen) atoms. The summed E-state index contributed by atoms with van der Waals surface area (Å²) in [5.74, 6) is 1.06. The second kappa shape index (κ2) is 3.84. The van der Waals surface area contributed by atoms with E-state index >= 15 is 0 Å². The number of nitrogens with zero attached hydrogens (tertiary/aromatic N) is 3. The molecule has 1 unspecified atom stereocenters. The molecule has 4 rings (SSSR count). The van der Waals surface area contributed by atoms with Crippen molar-refractivity contribution in [1.29, 1.82) is 0 Å². The van der Waals surface area contributed by atoms with E-state index in [1.165, 1.54) is 11.4 Å². The number of hydrogen-bond donors (Lipinski definition) is 1. The monoisotopic (exact) mass is 254 g/mol. The lowest BCUT2D eigenvalue weighted by atomic mass is 9.89. The lowest BCUT2D eigenvalue weighted by molar-refractivity contribution is 0.410. The van der Waals surface area contributed by atoms with Gasteiger partial charge in [-0.3, -0.25) is 0 Å². The van der Waals surface area contributed by atoms with Gasteiger partial charge in [0.25, 0.3) is 0 Å². The first kappa shape index (κ1) is 11.1. The molecule has 1 spiro atoms. The molecule has 1 N–H and O–H groups in total. The van der Waals surface area contributed by atoms with Gasteiger partial charge in [-0.15, -0.1) is 0 Å². The third-order valence-corrected chi connectivity index (χ3v) is 4.48. The molecule has 0 saturated carbocycles. The molecule has 4 nitrogen and oxygen atoms in total. The number of nitrogens with one attached hydrogen (secondary N) is 1. The van der Waals surface area contributed by atoms with Crippen molar-refractivity contribution in [2.75, 3.05) is 24.5 Å². The van der Waals surface area contributed by atoms with Gasteiger partial charge in [-0.05, 0) is 44.2 Å². The third kappa shape index (κ3) is 1.29. The molecular formula is C15H18N4. The molecule has 1 atom stereocenters. The number of anilines is 1. The van der Waals surface area contributed by atoms with E-state index in [1.54, 1.807) is 0 Å². The predicted octanol–water partition coefficient (Wildman–Crippen LogP) is 1.90. The molecule has 0 aromatic carbocycles. The maximum Gasteiger partial charge on any atom is 0.160 e. The Balaban J connectivity index is 2.02. The zero-order valence-corrected chi connectivity index (χ0v) is 11.1. The van der Waals surface area contributed by atoms with Crippen LogP contribution in [0.2, 0.25) is 0 Å². The van der Waals surface area contributed by atoms with Crippen LogP contribution in [-0.4, -0.2) is 29.2 Å². The molecule has 1 saturated heterocycles. The van der Waals surface area contributed by atoms with E-state index in [-0.39, 0.29) is 5.54 Å². The average Bonchev–Trinajstić information content (AvgIpc) is 3.09. The van der Waals surface area contributed by atoms with Gasteiger partial charge in [0.05, 0.1) is 16.9 Å². The smallest absolute Gasteiger partial charge is 0.160 e. The van der Waals surface area contributed by atoms with Gasteiger partial charge >= 0.3 is 0 Å². The van der Waals surface area contributed by atoms with E-state index in [0.717, 1.165) is 31.9 Å². The van der Waals surface area contributed by atoms with E-state index in [0.29, 0.717) is 0 Å². The fourth-order valence-electron chi connectivity index (χ4n) is 3.70. The maximum absolute atomic E-state index is 4.59. The van der Waals surface area contributed by atoms with Gasteiger partial charge in [0, 0.05) is 25.5 Å². The molecule has 0 amide bonds. The molecule has 1 fully saturated rings. The average molecular weight is 254 g/mol. The highest BCUT2D eigenvalue weighted by molar-refractivity contribution is 5.66. The molecule has 2 aromatic rings. The van der Waals surface area contributed by atoms with Crippen LogP contribution >= 0.6 is 0 Å². The Hall–Kier alpha value is -1.81. The minimum Gasteiger partial charge on any atom is -0.356 e. The fraction of sp³-hybridized carbons (Fsp3) is 0.400. The number of hydrogen-bond acceptors (Lipinski definition) is 3. The molecule has 2 aromatic heterocycles. The summed E-state index contributed by atoms with van der Waals surface area (Å²) >= 11 is 0. The number of likely N-dealkylation sites (N-methyl/N-ethyl adjacent to an activating group) is 1. The van der Waals surface area contributed by atoms with Gasteiger partial charge in [0.15, 0.2) is 5.82 Å². The Morgan fingerprint density at radius 1 is 1.37 bits per heavy atom. The van der Waals surface area contributed by atoms with Crippen LogP contribution in [0.3, 0.4) is 0 Å². The molecule has 0 radical (unpaired) electrons. The van der Waals surface area contributed by atoms with Crippen LogP contribution in [0, 0.1) is 0 Å². The first-order valence-corrected chi connectivity index (χ1v) is 6.98. The van der Waals surface area contributed by atoms with Gasteiger partial charge in [0.2, 0.25) is 0 Å². The number of pyridine rings is 1. The molecule has 2 aliphatic rings. The summed E-state index contributed by atoms with van der Waals surface area (Å²) in [4.78, 5) is 7.10. The van der Waals surface area contributed by atoms with E-state index < -0.39 is 0 Å². The zero-order chi connectivity index (χ0) is 12.9. The van der Waals surface area contributed by atoms with Crippen LogP contribution in [0.4, 0.5) is 5.69 Å². The highest BCUT2D eigenvalue weighted by Gasteiger charge is 2.46. The van der Waals surface area contributed by atoms with Crippen LogP contribution in [-0.2, 0) is 5.54 Å². The van der Waals surface area contributed by atoms with Crippen molar-refractivity contribution >= 4 is 5.69 Å². The first-order chi connectivity index (χ1) is 9.37. The lowest BCUT2D eigenvalue weighted by Crippen LogP contribution is -2.52. The number of aromatic nitrogens is 2. The quantitative estimate of drug-likeness (QED) is 0.844. The van der Waals surface area contributed by atoms with Crippen LogP contribution in [0.25, 0.3) is 5.82 Å². The summed E-state index contributed by atoms with van der Waals surface area (Å²) in [5.41, 5.74) is 2.71. The molecule has 4 heteroatoms. The predicted molar refractivity (Wildman–Crippen MR) is 75.7 cm³/mol. The highest BCUT2D eigenvalue weighted by Crippen LogP contribution is 2.44. The van der Waals surface area contributed by atoms with Gasteiger partial charge in [-0.25, -0.2) is 4.98 Å². The summed E-state index contributed by atoms with van der Waals surface area (Å²) in [7, 11) is 0. The Kier molecular flexibility index (Phi) is 2.23. The summed E-state index contributed by atoms with van der Waals surface area (Å²) in [6, 6.07) is 8.60. The molecule has 2 aliphatic heterocycles.